The van der Waals surface area contributed by atoms with Crippen molar-refractivity contribution in [3.8, 4) is 33.8 Å². The Labute approximate surface area is 247 Å². The van der Waals surface area contributed by atoms with E-state index in [9.17, 15) is 9.59 Å². The lowest BCUT2D eigenvalue weighted by Gasteiger charge is -2.16. The molecule has 3 aromatic heterocycles. The molecule has 0 amide bonds. The van der Waals surface area contributed by atoms with Crippen molar-refractivity contribution in [2.24, 2.45) is 0 Å². The molecule has 0 aliphatic carbocycles. The Kier molecular flexibility index (Phi) is 7.95. The minimum absolute atomic E-state index is 0.0810. The van der Waals surface area contributed by atoms with Crippen molar-refractivity contribution in [3.63, 3.8) is 0 Å². The van der Waals surface area contributed by atoms with Gasteiger partial charge in [0.25, 0.3) is 5.56 Å². The zero-order chi connectivity index (χ0) is 29.8. The van der Waals surface area contributed by atoms with Crippen LogP contribution in [0, 0.1) is 6.92 Å². The number of aromatic amines is 1. The van der Waals surface area contributed by atoms with Gasteiger partial charge < -0.3 is 4.42 Å². The molecule has 0 radical (unpaired) electrons. The minimum atomic E-state index is -0.602. The summed E-state index contributed by atoms with van der Waals surface area (Å²) in [6.45, 7) is 4.39. The molecule has 6 aromatic rings. The predicted molar refractivity (Wildman–Crippen MR) is 164 cm³/mol. The van der Waals surface area contributed by atoms with Gasteiger partial charge >= 0.3 is 5.76 Å². The number of nitrogens with zero attached hydrogens (tertiary/aromatic N) is 4. The topological polar surface area (TPSA) is 120 Å². The first-order chi connectivity index (χ1) is 21.0. The summed E-state index contributed by atoms with van der Waals surface area (Å²) in [4.78, 5) is 37.5. The Morgan fingerprint density at radius 3 is 2.35 bits per heavy atom. The Hall–Kier alpha value is -5.31. The van der Waals surface area contributed by atoms with Crippen molar-refractivity contribution in [1.29, 1.82) is 0 Å². The lowest BCUT2D eigenvalue weighted by molar-refractivity contribution is 0.388. The van der Waals surface area contributed by atoms with Crippen molar-refractivity contribution in [2.45, 2.75) is 46.1 Å². The highest BCUT2D eigenvalue weighted by Gasteiger charge is 2.18. The molecule has 9 nitrogen and oxygen atoms in total. The number of oxazole rings is 1. The van der Waals surface area contributed by atoms with E-state index in [0.29, 0.717) is 41.7 Å². The Bertz CT molecular complexity index is 1970. The van der Waals surface area contributed by atoms with E-state index in [-0.39, 0.29) is 12.0 Å². The van der Waals surface area contributed by atoms with Gasteiger partial charge in [-0.2, -0.15) is 0 Å². The van der Waals surface area contributed by atoms with Crippen molar-refractivity contribution in [2.75, 3.05) is 0 Å². The summed E-state index contributed by atoms with van der Waals surface area (Å²) >= 11 is 0. The third-order valence-corrected chi connectivity index (χ3v) is 7.47. The fourth-order valence-electron chi connectivity index (χ4n) is 5.19. The van der Waals surface area contributed by atoms with E-state index >= 15 is 0 Å². The molecule has 0 saturated heterocycles. The van der Waals surface area contributed by atoms with E-state index in [2.05, 4.69) is 22.0 Å². The Morgan fingerprint density at radius 2 is 1.63 bits per heavy atom. The van der Waals surface area contributed by atoms with Gasteiger partial charge in [0.2, 0.25) is 0 Å². The van der Waals surface area contributed by atoms with Gasteiger partial charge in [0.15, 0.2) is 17.5 Å². The van der Waals surface area contributed by atoms with Crippen LogP contribution in [0.15, 0.2) is 104 Å². The summed E-state index contributed by atoms with van der Waals surface area (Å²) in [7, 11) is 0. The van der Waals surface area contributed by atoms with Gasteiger partial charge in [-0.05, 0) is 30.0 Å². The van der Waals surface area contributed by atoms with Gasteiger partial charge in [0, 0.05) is 28.8 Å². The minimum Gasteiger partial charge on any atom is -0.440 e. The van der Waals surface area contributed by atoms with Crippen LogP contribution in [0.2, 0.25) is 0 Å². The highest BCUT2D eigenvalue weighted by molar-refractivity contribution is 5.80. The van der Waals surface area contributed by atoms with Crippen LogP contribution in [0.25, 0.3) is 33.8 Å². The molecule has 6 rings (SSSR count). The molecule has 0 aliphatic heterocycles. The molecule has 9 heteroatoms. The first-order valence-electron chi connectivity index (χ1n) is 14.3. The average Bonchev–Trinajstić information content (AvgIpc) is 3.70. The summed E-state index contributed by atoms with van der Waals surface area (Å²) in [6.07, 6.45) is 4.61. The third kappa shape index (κ3) is 6.01. The number of rotatable bonds is 10. The number of unbranched alkanes of at least 4 members (excludes halogenated alkanes) is 1. The van der Waals surface area contributed by atoms with Crippen LogP contribution < -0.4 is 11.3 Å². The maximum atomic E-state index is 14.0. The number of aromatic nitrogens is 5. The van der Waals surface area contributed by atoms with Crippen LogP contribution in [-0.2, 0) is 19.4 Å². The standard InChI is InChI=1S/C34H31N5O4/c1-3-4-14-30-36-22(2)28(19-31-35-20-29(42-31)25-10-6-5-7-11-25)33(40)39(30)21-23-15-17-24(18-16-23)26-12-8-9-13-27(26)32-37-34(41)43-38-32/h5-13,15-18,20H,3-4,14,19,21H2,1-2H3,(H,37,38,41). The molecule has 0 aliphatic rings. The van der Waals surface area contributed by atoms with E-state index in [0.717, 1.165) is 46.5 Å². The zero-order valence-electron chi connectivity index (χ0n) is 24.0. The molecule has 0 unspecified atom stereocenters. The van der Waals surface area contributed by atoms with E-state index < -0.39 is 5.76 Å². The molecule has 43 heavy (non-hydrogen) atoms. The van der Waals surface area contributed by atoms with E-state index in [1.807, 2.05) is 85.8 Å². The smallest absolute Gasteiger partial charge is 0.439 e. The summed E-state index contributed by atoms with van der Waals surface area (Å²) in [5.41, 5.74) is 5.70. The average molecular weight is 574 g/mol. The molecular formula is C34H31N5O4. The number of aryl methyl sites for hydroxylation is 2. The molecular weight excluding hydrogens is 542 g/mol. The first-order valence-corrected chi connectivity index (χ1v) is 14.3. The van der Waals surface area contributed by atoms with Crippen LogP contribution in [0.3, 0.4) is 0 Å². The maximum Gasteiger partial charge on any atom is 0.439 e. The SMILES string of the molecule is CCCCc1nc(C)c(Cc2ncc(-c3ccccc3)o2)c(=O)n1Cc1ccc(-c2ccccc2-c2noc(=O)[nH]2)cc1. The van der Waals surface area contributed by atoms with Gasteiger partial charge in [-0.15, -0.1) is 0 Å². The number of hydrogen-bond donors (Lipinski definition) is 1. The Balaban J connectivity index is 1.30. The molecule has 216 valence electrons. The lowest BCUT2D eigenvalue weighted by atomic mass is 9.98. The summed E-state index contributed by atoms with van der Waals surface area (Å²) in [5, 5.41) is 3.85. The van der Waals surface area contributed by atoms with Crippen molar-refractivity contribution in [1.82, 2.24) is 24.7 Å². The van der Waals surface area contributed by atoms with Gasteiger partial charge in [-0.1, -0.05) is 97.4 Å². The van der Waals surface area contributed by atoms with E-state index in [1.165, 1.54) is 0 Å². The molecule has 0 bridgehead atoms. The van der Waals surface area contributed by atoms with Crippen LogP contribution in [0.4, 0.5) is 0 Å². The molecule has 3 aromatic carbocycles. The number of benzene rings is 3. The van der Waals surface area contributed by atoms with Crippen molar-refractivity contribution in [3.05, 3.63) is 134 Å². The van der Waals surface area contributed by atoms with Crippen molar-refractivity contribution >= 4 is 0 Å². The second kappa shape index (κ2) is 12.3. The van der Waals surface area contributed by atoms with Crippen LogP contribution in [0.1, 0.15) is 48.3 Å². The highest BCUT2D eigenvalue weighted by atomic mass is 16.5. The molecule has 0 fully saturated rings. The maximum absolute atomic E-state index is 14.0. The predicted octanol–water partition coefficient (Wildman–Crippen LogP) is 6.20. The van der Waals surface area contributed by atoms with Gasteiger partial charge in [-0.25, -0.2) is 14.8 Å². The number of hydrogen-bond acceptors (Lipinski definition) is 7. The summed E-state index contributed by atoms with van der Waals surface area (Å²) < 4.78 is 12.5. The summed E-state index contributed by atoms with van der Waals surface area (Å²) in [5.74, 6) is 1.68. The monoisotopic (exact) mass is 573 g/mol. The molecule has 0 atom stereocenters. The van der Waals surface area contributed by atoms with Crippen molar-refractivity contribution < 1.29 is 8.94 Å². The highest BCUT2D eigenvalue weighted by Crippen LogP contribution is 2.30. The van der Waals surface area contributed by atoms with Gasteiger partial charge in [0.1, 0.15) is 5.82 Å². The van der Waals surface area contributed by atoms with Crippen LogP contribution in [0.5, 0.6) is 0 Å². The van der Waals surface area contributed by atoms with Crippen LogP contribution in [-0.4, -0.2) is 24.7 Å². The summed E-state index contributed by atoms with van der Waals surface area (Å²) in [6, 6.07) is 25.5. The molecule has 1 N–H and O–H groups in total. The fourth-order valence-corrected chi connectivity index (χ4v) is 5.19. The van der Waals surface area contributed by atoms with E-state index in [1.54, 1.807) is 10.8 Å². The Morgan fingerprint density at radius 1 is 0.884 bits per heavy atom. The fraction of sp³-hybridized carbons (Fsp3) is 0.206. The zero-order valence-corrected chi connectivity index (χ0v) is 24.0. The molecule has 0 saturated carbocycles. The second-order valence-corrected chi connectivity index (χ2v) is 10.4. The largest absolute Gasteiger partial charge is 0.440 e. The molecule has 3 heterocycles. The van der Waals surface area contributed by atoms with Gasteiger partial charge in [-0.3, -0.25) is 18.9 Å². The molecule has 0 spiro atoms. The number of nitrogens with one attached hydrogen (secondary N) is 1. The first kappa shape index (κ1) is 27.8. The van der Waals surface area contributed by atoms with Crippen LogP contribution >= 0.6 is 0 Å². The second-order valence-electron chi connectivity index (χ2n) is 10.4. The third-order valence-electron chi connectivity index (χ3n) is 7.47. The normalized spacial score (nSPS) is 11.2. The lowest BCUT2D eigenvalue weighted by Crippen LogP contribution is -2.30. The van der Waals surface area contributed by atoms with E-state index in [4.69, 9.17) is 13.9 Å². The number of H-pyrrole nitrogens is 1. The quantitative estimate of drug-likeness (QED) is 0.207. The van der Waals surface area contributed by atoms with Gasteiger partial charge in [0.05, 0.1) is 19.2 Å².